The minimum absolute atomic E-state index is 0.105. The molecule has 0 aromatic heterocycles. The number of nitrogen functional groups attached to an aromatic ring is 1. The fraction of sp³-hybridized carbons (Fsp3) is 0.538. The number of benzene rings is 1. The Morgan fingerprint density at radius 2 is 2.05 bits per heavy atom. The molecule has 1 aromatic carbocycles. The van der Waals surface area contributed by atoms with Gasteiger partial charge in [0.05, 0.1) is 12.7 Å². The number of nitrogens with one attached hydrogen (secondary N) is 1. The summed E-state index contributed by atoms with van der Waals surface area (Å²) in [6.45, 7) is 0.381. The molecule has 118 valence electrons. The van der Waals surface area contributed by atoms with Gasteiger partial charge in [0.25, 0.3) is 0 Å². The van der Waals surface area contributed by atoms with E-state index in [9.17, 15) is 12.8 Å². The molecule has 0 bridgehead atoms. The summed E-state index contributed by atoms with van der Waals surface area (Å²) in [7, 11) is -3.93. The maximum atomic E-state index is 13.7. The standard InChI is InChI=1S/C13H18BrFN2O3S/c14-10-7-11(15)13(8-12(10)16)21(18,19)17-5-6-20-9-3-1-2-4-9/h7-9,17H,1-6,16H2. The van der Waals surface area contributed by atoms with Crippen molar-refractivity contribution >= 4 is 31.6 Å². The molecule has 0 atom stereocenters. The maximum Gasteiger partial charge on any atom is 0.243 e. The first-order chi connectivity index (χ1) is 9.90. The fourth-order valence-electron chi connectivity index (χ4n) is 2.29. The van der Waals surface area contributed by atoms with E-state index in [0.717, 1.165) is 37.8 Å². The number of hydrogen-bond donors (Lipinski definition) is 2. The quantitative estimate of drug-likeness (QED) is 0.586. The molecule has 0 unspecified atom stereocenters. The van der Waals surface area contributed by atoms with Crippen LogP contribution in [0.25, 0.3) is 0 Å². The zero-order chi connectivity index (χ0) is 15.5. The lowest BCUT2D eigenvalue weighted by atomic mass is 10.3. The number of hydrogen-bond acceptors (Lipinski definition) is 4. The van der Waals surface area contributed by atoms with Gasteiger partial charge in [-0.05, 0) is 40.9 Å². The average molecular weight is 381 g/mol. The van der Waals surface area contributed by atoms with Crippen molar-refractivity contribution < 1.29 is 17.5 Å². The zero-order valence-electron chi connectivity index (χ0n) is 11.4. The van der Waals surface area contributed by atoms with E-state index in [1.165, 1.54) is 0 Å². The van der Waals surface area contributed by atoms with Crippen molar-refractivity contribution in [3.05, 3.63) is 22.4 Å². The topological polar surface area (TPSA) is 81.4 Å². The van der Waals surface area contributed by atoms with Crippen LogP contribution in [0.5, 0.6) is 0 Å². The number of halogens is 2. The SMILES string of the molecule is Nc1cc(S(=O)(=O)NCCOC2CCCC2)c(F)cc1Br. The van der Waals surface area contributed by atoms with Gasteiger partial charge in [0.1, 0.15) is 10.7 Å². The molecule has 1 aliphatic carbocycles. The molecule has 3 N–H and O–H groups in total. The third-order valence-electron chi connectivity index (χ3n) is 3.39. The van der Waals surface area contributed by atoms with Gasteiger partial charge in [-0.3, -0.25) is 0 Å². The first-order valence-corrected chi connectivity index (χ1v) is 9.03. The van der Waals surface area contributed by atoms with Crippen LogP contribution in [0, 0.1) is 5.82 Å². The summed E-state index contributed by atoms with van der Waals surface area (Å²) in [4.78, 5) is -0.455. The average Bonchev–Trinajstić information content (AvgIpc) is 2.92. The van der Waals surface area contributed by atoms with Crippen LogP contribution < -0.4 is 10.5 Å². The molecule has 5 nitrogen and oxygen atoms in total. The molecular formula is C13H18BrFN2O3S. The van der Waals surface area contributed by atoms with Crippen molar-refractivity contribution in [1.82, 2.24) is 4.72 Å². The fourth-order valence-corrected chi connectivity index (χ4v) is 3.71. The third kappa shape index (κ3) is 4.38. The molecule has 1 fully saturated rings. The van der Waals surface area contributed by atoms with E-state index in [4.69, 9.17) is 10.5 Å². The number of ether oxygens (including phenoxy) is 1. The van der Waals surface area contributed by atoms with E-state index in [1.54, 1.807) is 0 Å². The van der Waals surface area contributed by atoms with Gasteiger partial charge in [-0.1, -0.05) is 12.8 Å². The Balaban J connectivity index is 1.93. The zero-order valence-corrected chi connectivity index (χ0v) is 13.8. The van der Waals surface area contributed by atoms with Crippen LogP contribution in [0.3, 0.4) is 0 Å². The van der Waals surface area contributed by atoms with Crippen LogP contribution in [0.2, 0.25) is 0 Å². The molecule has 0 saturated heterocycles. The van der Waals surface area contributed by atoms with Crippen molar-refractivity contribution in [2.45, 2.75) is 36.7 Å². The van der Waals surface area contributed by atoms with E-state index in [1.807, 2.05) is 0 Å². The summed E-state index contributed by atoms with van der Waals surface area (Å²) in [5.74, 6) is -0.847. The lowest BCUT2D eigenvalue weighted by Gasteiger charge is -2.12. The summed E-state index contributed by atoms with van der Waals surface area (Å²) in [6.07, 6.45) is 4.56. The molecule has 0 amide bonds. The minimum Gasteiger partial charge on any atom is -0.398 e. The smallest absolute Gasteiger partial charge is 0.243 e. The highest BCUT2D eigenvalue weighted by Crippen LogP contribution is 2.26. The second kappa shape index (κ2) is 7.04. The van der Waals surface area contributed by atoms with Crippen LogP contribution in [-0.4, -0.2) is 27.7 Å². The molecule has 0 aliphatic heterocycles. The third-order valence-corrected chi connectivity index (χ3v) is 5.55. The Morgan fingerprint density at radius 3 is 2.71 bits per heavy atom. The van der Waals surface area contributed by atoms with E-state index in [0.29, 0.717) is 4.47 Å². The molecule has 1 aliphatic rings. The van der Waals surface area contributed by atoms with Gasteiger partial charge in [0, 0.05) is 16.7 Å². The molecule has 0 heterocycles. The molecular weight excluding hydrogens is 363 g/mol. The largest absolute Gasteiger partial charge is 0.398 e. The highest BCUT2D eigenvalue weighted by molar-refractivity contribution is 9.10. The molecule has 8 heteroatoms. The highest BCUT2D eigenvalue weighted by Gasteiger charge is 2.21. The van der Waals surface area contributed by atoms with Gasteiger partial charge < -0.3 is 10.5 Å². The van der Waals surface area contributed by atoms with Gasteiger partial charge in [-0.15, -0.1) is 0 Å². The van der Waals surface area contributed by atoms with E-state index < -0.39 is 20.7 Å². The predicted molar refractivity (Wildman–Crippen MR) is 81.9 cm³/mol. The molecule has 2 rings (SSSR count). The van der Waals surface area contributed by atoms with Crippen molar-refractivity contribution in [2.75, 3.05) is 18.9 Å². The summed E-state index contributed by atoms with van der Waals surface area (Å²) < 4.78 is 46.0. The number of anilines is 1. The van der Waals surface area contributed by atoms with Gasteiger partial charge in [-0.25, -0.2) is 17.5 Å². The van der Waals surface area contributed by atoms with Crippen molar-refractivity contribution in [2.24, 2.45) is 0 Å². The first-order valence-electron chi connectivity index (χ1n) is 6.76. The second-order valence-corrected chi connectivity index (χ2v) is 7.57. The summed E-state index contributed by atoms with van der Waals surface area (Å²) in [5.41, 5.74) is 5.76. The van der Waals surface area contributed by atoms with Gasteiger partial charge in [-0.2, -0.15) is 0 Å². The Bertz CT molecular complexity index is 604. The van der Waals surface area contributed by atoms with Gasteiger partial charge in [0.15, 0.2) is 0 Å². The maximum absolute atomic E-state index is 13.7. The number of rotatable bonds is 6. The highest BCUT2D eigenvalue weighted by atomic mass is 79.9. The van der Waals surface area contributed by atoms with Crippen molar-refractivity contribution in [3.8, 4) is 0 Å². The Hall–Kier alpha value is -0.700. The summed E-state index contributed by atoms with van der Waals surface area (Å²) in [5, 5.41) is 0. The predicted octanol–water partition coefficient (Wildman–Crippen LogP) is 2.41. The van der Waals surface area contributed by atoms with Gasteiger partial charge >= 0.3 is 0 Å². The monoisotopic (exact) mass is 380 g/mol. The number of nitrogens with two attached hydrogens (primary N) is 1. The van der Waals surface area contributed by atoms with Crippen molar-refractivity contribution in [1.29, 1.82) is 0 Å². The van der Waals surface area contributed by atoms with E-state index in [2.05, 4.69) is 20.7 Å². The van der Waals surface area contributed by atoms with E-state index >= 15 is 0 Å². The van der Waals surface area contributed by atoms with E-state index in [-0.39, 0.29) is 24.9 Å². The molecule has 1 aromatic rings. The first kappa shape index (κ1) is 16.7. The van der Waals surface area contributed by atoms with Crippen LogP contribution in [0.4, 0.5) is 10.1 Å². The summed E-state index contributed by atoms with van der Waals surface area (Å²) in [6, 6.07) is 2.14. The Kier molecular flexibility index (Phi) is 5.59. The Labute approximate surface area is 132 Å². The van der Waals surface area contributed by atoms with Gasteiger partial charge in [0.2, 0.25) is 10.0 Å². The normalized spacial score (nSPS) is 16.5. The lowest BCUT2D eigenvalue weighted by molar-refractivity contribution is 0.0626. The van der Waals surface area contributed by atoms with Crippen LogP contribution >= 0.6 is 15.9 Å². The summed E-state index contributed by atoms with van der Waals surface area (Å²) >= 11 is 3.05. The Morgan fingerprint density at radius 1 is 1.38 bits per heavy atom. The van der Waals surface area contributed by atoms with Crippen LogP contribution in [0.15, 0.2) is 21.5 Å². The molecule has 0 spiro atoms. The van der Waals surface area contributed by atoms with Crippen LogP contribution in [-0.2, 0) is 14.8 Å². The molecule has 21 heavy (non-hydrogen) atoms. The van der Waals surface area contributed by atoms with Crippen molar-refractivity contribution in [3.63, 3.8) is 0 Å². The minimum atomic E-state index is -3.93. The lowest BCUT2D eigenvalue weighted by Crippen LogP contribution is -2.29. The number of sulfonamides is 1. The second-order valence-electron chi connectivity index (χ2n) is 4.98. The molecule has 0 radical (unpaired) electrons. The van der Waals surface area contributed by atoms with Crippen LogP contribution in [0.1, 0.15) is 25.7 Å². The molecule has 1 saturated carbocycles.